The number of piperidine rings is 1. The van der Waals surface area contributed by atoms with Gasteiger partial charge in [0, 0.05) is 18.8 Å². The maximum atomic E-state index is 12.3. The van der Waals surface area contributed by atoms with Gasteiger partial charge in [-0.05, 0) is 63.2 Å². The van der Waals surface area contributed by atoms with Crippen LogP contribution in [0.25, 0.3) is 0 Å². The van der Waals surface area contributed by atoms with Crippen molar-refractivity contribution in [2.45, 2.75) is 32.0 Å². The molecule has 1 N–H and O–H groups in total. The number of ether oxygens (including phenoxy) is 2. The predicted molar refractivity (Wildman–Crippen MR) is 103 cm³/mol. The Morgan fingerprint density at radius 1 is 1.04 bits per heavy atom. The number of likely N-dealkylation sites (tertiary alicyclic amines) is 1. The van der Waals surface area contributed by atoms with Gasteiger partial charge in [-0.25, -0.2) is 0 Å². The number of rotatable bonds is 6. The fourth-order valence-electron chi connectivity index (χ4n) is 2.91. The highest BCUT2D eigenvalue weighted by atomic mass is 16.5. The highest BCUT2D eigenvalue weighted by Gasteiger charge is 2.18. The third kappa shape index (κ3) is 5.23. The first-order valence-corrected chi connectivity index (χ1v) is 9.08. The zero-order valence-corrected chi connectivity index (χ0v) is 15.4. The summed E-state index contributed by atoms with van der Waals surface area (Å²) in [5.74, 6) is 1.33. The van der Waals surface area contributed by atoms with Crippen LogP contribution in [0.15, 0.2) is 54.6 Å². The van der Waals surface area contributed by atoms with Crippen molar-refractivity contribution in [2.24, 2.45) is 0 Å². The van der Waals surface area contributed by atoms with Gasteiger partial charge in [-0.3, -0.25) is 4.79 Å². The monoisotopic (exact) mass is 354 g/mol. The van der Waals surface area contributed by atoms with Gasteiger partial charge >= 0.3 is 0 Å². The average molecular weight is 354 g/mol. The molecule has 26 heavy (non-hydrogen) atoms. The summed E-state index contributed by atoms with van der Waals surface area (Å²) in [5, 5.41) is 2.87. The summed E-state index contributed by atoms with van der Waals surface area (Å²) < 4.78 is 11.7. The summed E-state index contributed by atoms with van der Waals surface area (Å²) in [4.78, 5) is 14.6. The Balaban J connectivity index is 1.49. The van der Waals surface area contributed by atoms with Crippen LogP contribution in [0.4, 0.5) is 5.69 Å². The molecule has 0 aliphatic carbocycles. The van der Waals surface area contributed by atoms with Crippen molar-refractivity contribution in [1.29, 1.82) is 0 Å². The first kappa shape index (κ1) is 18.3. The van der Waals surface area contributed by atoms with Gasteiger partial charge in [-0.2, -0.15) is 0 Å². The maximum absolute atomic E-state index is 12.3. The first-order chi connectivity index (χ1) is 12.6. The molecular weight excluding hydrogens is 328 g/mol. The van der Waals surface area contributed by atoms with Crippen molar-refractivity contribution in [3.05, 3.63) is 54.6 Å². The van der Waals surface area contributed by atoms with Crippen molar-refractivity contribution in [3.8, 4) is 11.5 Å². The van der Waals surface area contributed by atoms with Crippen LogP contribution in [-0.4, -0.2) is 43.2 Å². The Labute approximate surface area is 154 Å². The summed E-state index contributed by atoms with van der Waals surface area (Å²) >= 11 is 0. The molecule has 1 atom stereocenters. The minimum Gasteiger partial charge on any atom is -0.490 e. The molecule has 2 aromatic carbocycles. The van der Waals surface area contributed by atoms with E-state index in [0.717, 1.165) is 37.4 Å². The highest BCUT2D eigenvalue weighted by molar-refractivity contribution is 5.94. The van der Waals surface area contributed by atoms with E-state index >= 15 is 0 Å². The summed E-state index contributed by atoms with van der Waals surface area (Å²) in [5.41, 5.74) is 0.731. The van der Waals surface area contributed by atoms with E-state index < -0.39 is 6.10 Å². The van der Waals surface area contributed by atoms with Crippen molar-refractivity contribution < 1.29 is 14.3 Å². The lowest BCUT2D eigenvalue weighted by Crippen LogP contribution is -2.35. The molecular formula is C21H26N2O3. The topological polar surface area (TPSA) is 50.8 Å². The Bertz CT molecular complexity index is 695. The lowest BCUT2D eigenvalue weighted by molar-refractivity contribution is -0.122. The van der Waals surface area contributed by atoms with Crippen LogP contribution in [0.1, 0.15) is 19.8 Å². The standard InChI is InChI=1S/C21H26N2O3/c1-16(25-18-6-4-3-5-7-18)21(24)22-17-8-10-19(11-9-17)26-20-12-14-23(2)15-13-20/h3-11,16,20H,12-15H2,1-2H3,(H,22,24). The van der Waals surface area contributed by atoms with Crippen LogP contribution in [-0.2, 0) is 4.79 Å². The van der Waals surface area contributed by atoms with E-state index in [1.807, 2.05) is 54.6 Å². The first-order valence-electron chi connectivity index (χ1n) is 9.08. The summed E-state index contributed by atoms with van der Waals surface area (Å²) in [6, 6.07) is 16.8. The largest absolute Gasteiger partial charge is 0.490 e. The zero-order valence-electron chi connectivity index (χ0n) is 15.4. The van der Waals surface area contributed by atoms with Crippen molar-refractivity contribution >= 4 is 11.6 Å². The van der Waals surface area contributed by atoms with Gasteiger partial charge in [0.2, 0.25) is 0 Å². The lowest BCUT2D eigenvalue weighted by Gasteiger charge is -2.29. The molecule has 1 aliphatic heterocycles. The molecule has 0 spiro atoms. The fraction of sp³-hybridized carbons (Fsp3) is 0.381. The number of para-hydroxylation sites is 1. The van der Waals surface area contributed by atoms with Gasteiger partial charge in [0.15, 0.2) is 6.10 Å². The van der Waals surface area contributed by atoms with E-state index in [0.29, 0.717) is 5.75 Å². The van der Waals surface area contributed by atoms with Gasteiger partial charge in [0.05, 0.1) is 0 Å². The zero-order chi connectivity index (χ0) is 18.4. The average Bonchev–Trinajstić information content (AvgIpc) is 2.66. The second kappa shape index (κ2) is 8.72. The Hall–Kier alpha value is -2.53. The lowest BCUT2D eigenvalue weighted by atomic mass is 10.1. The molecule has 1 amide bonds. The quantitative estimate of drug-likeness (QED) is 0.862. The van der Waals surface area contributed by atoms with E-state index in [1.54, 1.807) is 6.92 Å². The molecule has 0 saturated carbocycles. The van der Waals surface area contributed by atoms with Crippen LogP contribution in [0.5, 0.6) is 11.5 Å². The number of nitrogens with one attached hydrogen (secondary N) is 1. The number of carbonyl (C=O) groups excluding carboxylic acids is 1. The van der Waals surface area contributed by atoms with Gasteiger partial charge in [-0.1, -0.05) is 18.2 Å². The molecule has 1 saturated heterocycles. The predicted octanol–water partition coefficient (Wildman–Crippen LogP) is 3.57. The summed E-state index contributed by atoms with van der Waals surface area (Å²) in [6.45, 7) is 3.87. The Morgan fingerprint density at radius 2 is 1.69 bits per heavy atom. The highest BCUT2D eigenvalue weighted by Crippen LogP contribution is 2.21. The molecule has 0 aromatic heterocycles. The van der Waals surface area contributed by atoms with Gasteiger partial charge in [0.25, 0.3) is 5.91 Å². The minimum atomic E-state index is -0.576. The number of anilines is 1. The molecule has 138 valence electrons. The minimum absolute atomic E-state index is 0.183. The molecule has 0 bridgehead atoms. The van der Waals surface area contributed by atoms with E-state index in [9.17, 15) is 4.79 Å². The second-order valence-electron chi connectivity index (χ2n) is 6.71. The molecule has 5 nitrogen and oxygen atoms in total. The van der Waals surface area contributed by atoms with E-state index in [4.69, 9.17) is 9.47 Å². The van der Waals surface area contributed by atoms with Crippen LogP contribution in [0.3, 0.4) is 0 Å². The van der Waals surface area contributed by atoms with Crippen LogP contribution < -0.4 is 14.8 Å². The van der Waals surface area contributed by atoms with Crippen molar-refractivity contribution in [3.63, 3.8) is 0 Å². The molecule has 5 heteroatoms. The molecule has 1 heterocycles. The van der Waals surface area contributed by atoms with Crippen LogP contribution in [0.2, 0.25) is 0 Å². The maximum Gasteiger partial charge on any atom is 0.265 e. The summed E-state index contributed by atoms with van der Waals surface area (Å²) in [7, 11) is 2.14. The molecule has 2 aromatic rings. The fourth-order valence-corrected chi connectivity index (χ4v) is 2.91. The van der Waals surface area contributed by atoms with Gasteiger partial charge < -0.3 is 19.7 Å². The Morgan fingerprint density at radius 3 is 2.35 bits per heavy atom. The third-order valence-corrected chi connectivity index (χ3v) is 4.52. The van der Waals surface area contributed by atoms with Gasteiger partial charge in [-0.15, -0.1) is 0 Å². The number of hydrogen-bond donors (Lipinski definition) is 1. The number of nitrogens with zero attached hydrogens (tertiary/aromatic N) is 1. The van der Waals surface area contributed by atoms with Crippen LogP contribution in [0, 0.1) is 0 Å². The smallest absolute Gasteiger partial charge is 0.265 e. The Kier molecular flexibility index (Phi) is 6.12. The second-order valence-corrected chi connectivity index (χ2v) is 6.71. The van der Waals surface area contributed by atoms with Crippen LogP contribution >= 0.6 is 0 Å². The van der Waals surface area contributed by atoms with Crippen molar-refractivity contribution in [1.82, 2.24) is 4.90 Å². The normalized spacial score (nSPS) is 16.7. The molecule has 1 unspecified atom stereocenters. The van der Waals surface area contributed by atoms with Crippen molar-refractivity contribution in [2.75, 3.05) is 25.5 Å². The van der Waals surface area contributed by atoms with E-state index in [2.05, 4.69) is 17.3 Å². The third-order valence-electron chi connectivity index (χ3n) is 4.52. The number of carbonyl (C=O) groups is 1. The van der Waals surface area contributed by atoms with E-state index in [1.165, 1.54) is 0 Å². The molecule has 0 radical (unpaired) electrons. The van der Waals surface area contributed by atoms with Gasteiger partial charge in [0.1, 0.15) is 17.6 Å². The SMILES string of the molecule is CC(Oc1ccccc1)C(=O)Nc1ccc(OC2CCN(C)CC2)cc1. The molecule has 1 aliphatic rings. The number of amides is 1. The summed E-state index contributed by atoms with van der Waals surface area (Å²) in [6.07, 6.45) is 1.78. The number of benzene rings is 2. The van der Waals surface area contributed by atoms with E-state index in [-0.39, 0.29) is 12.0 Å². The molecule has 3 rings (SSSR count). The molecule has 1 fully saturated rings. The number of hydrogen-bond acceptors (Lipinski definition) is 4.